The third kappa shape index (κ3) is 5.78. The van der Waals surface area contributed by atoms with Gasteiger partial charge in [-0.2, -0.15) is 5.10 Å². The van der Waals surface area contributed by atoms with Crippen molar-refractivity contribution in [3.8, 4) is 11.5 Å². The van der Waals surface area contributed by atoms with E-state index >= 15 is 0 Å². The zero-order valence-corrected chi connectivity index (χ0v) is 18.6. The largest absolute Gasteiger partial charge is 0.497 e. The van der Waals surface area contributed by atoms with Gasteiger partial charge in [-0.1, -0.05) is 12.1 Å². The number of hydrogen-bond donors (Lipinski definition) is 1. The second-order valence-electron chi connectivity index (χ2n) is 7.82. The minimum Gasteiger partial charge on any atom is -0.497 e. The van der Waals surface area contributed by atoms with Crippen LogP contribution in [0.15, 0.2) is 77.9 Å². The fraction of sp³-hybridized carbons (Fsp3) is 0.192. The molecule has 1 heterocycles. The Morgan fingerprint density at radius 1 is 1.06 bits per heavy atom. The van der Waals surface area contributed by atoms with Crippen molar-refractivity contribution in [2.75, 3.05) is 18.6 Å². The van der Waals surface area contributed by atoms with Crippen LogP contribution in [-0.2, 0) is 16.2 Å². The van der Waals surface area contributed by atoms with Crippen LogP contribution in [0.2, 0.25) is 0 Å². The Balaban J connectivity index is 1.26. The lowest BCUT2D eigenvalue weighted by molar-refractivity contribution is -0.126. The van der Waals surface area contributed by atoms with Crippen molar-refractivity contribution >= 4 is 23.7 Å². The van der Waals surface area contributed by atoms with E-state index in [-0.39, 0.29) is 24.1 Å². The maximum absolute atomic E-state index is 13.0. The Morgan fingerprint density at radius 2 is 1.74 bits per heavy atom. The van der Waals surface area contributed by atoms with E-state index < -0.39 is 5.92 Å². The summed E-state index contributed by atoms with van der Waals surface area (Å²) in [6, 6.07) is 20.5. The number of hydrazone groups is 1. The molecule has 3 aromatic rings. The van der Waals surface area contributed by atoms with Gasteiger partial charge in [-0.3, -0.25) is 9.59 Å². The van der Waals surface area contributed by atoms with Crippen LogP contribution in [0.4, 0.5) is 10.1 Å². The van der Waals surface area contributed by atoms with E-state index in [1.54, 1.807) is 72.7 Å². The fourth-order valence-electron chi connectivity index (χ4n) is 3.55. The summed E-state index contributed by atoms with van der Waals surface area (Å²) in [5, 5.41) is 4.02. The SMILES string of the molecule is COc1ccc(N2C[C@H](C(=O)N/N=C/c3ccc(OCc4ccc(F)cc4)cc3)CC2=O)cc1. The predicted octanol–water partition coefficient (Wildman–Crippen LogP) is 3.92. The van der Waals surface area contributed by atoms with Gasteiger partial charge in [-0.05, 0) is 71.8 Å². The Morgan fingerprint density at radius 3 is 2.41 bits per heavy atom. The number of carbonyl (C=O) groups excluding carboxylic acids is 2. The molecule has 2 amide bonds. The predicted molar refractivity (Wildman–Crippen MR) is 126 cm³/mol. The molecule has 0 radical (unpaired) electrons. The molecular formula is C26H24FN3O4. The lowest BCUT2D eigenvalue weighted by Gasteiger charge is -2.16. The molecule has 0 aliphatic carbocycles. The summed E-state index contributed by atoms with van der Waals surface area (Å²) in [6.07, 6.45) is 1.66. The third-order valence-electron chi connectivity index (χ3n) is 5.47. The number of hydrogen-bond acceptors (Lipinski definition) is 5. The maximum Gasteiger partial charge on any atom is 0.245 e. The van der Waals surface area contributed by atoms with Crippen LogP contribution < -0.4 is 19.8 Å². The van der Waals surface area contributed by atoms with Crippen LogP contribution in [0.1, 0.15) is 17.5 Å². The normalized spacial score (nSPS) is 15.5. The number of nitrogens with one attached hydrogen (secondary N) is 1. The van der Waals surface area contributed by atoms with Gasteiger partial charge in [0, 0.05) is 18.7 Å². The number of halogens is 1. The molecule has 0 unspecified atom stereocenters. The van der Waals surface area contributed by atoms with E-state index in [1.165, 1.54) is 18.3 Å². The number of benzene rings is 3. The number of rotatable bonds is 8. The maximum atomic E-state index is 13.0. The van der Waals surface area contributed by atoms with Gasteiger partial charge in [0.1, 0.15) is 23.9 Å². The smallest absolute Gasteiger partial charge is 0.245 e. The summed E-state index contributed by atoms with van der Waals surface area (Å²) in [6.45, 7) is 0.629. The molecule has 174 valence electrons. The van der Waals surface area contributed by atoms with Crippen LogP contribution in [-0.4, -0.2) is 31.7 Å². The van der Waals surface area contributed by atoms with E-state index in [0.29, 0.717) is 24.7 Å². The highest BCUT2D eigenvalue weighted by Crippen LogP contribution is 2.27. The lowest BCUT2D eigenvalue weighted by atomic mass is 10.1. The number of nitrogens with zero attached hydrogens (tertiary/aromatic N) is 2. The molecule has 1 aliphatic rings. The molecule has 3 aromatic carbocycles. The van der Waals surface area contributed by atoms with Crippen LogP contribution in [0.5, 0.6) is 11.5 Å². The first kappa shape index (κ1) is 23.0. The van der Waals surface area contributed by atoms with Gasteiger partial charge in [-0.15, -0.1) is 0 Å². The molecule has 0 bridgehead atoms. The van der Waals surface area contributed by atoms with E-state index in [1.807, 2.05) is 0 Å². The number of ether oxygens (including phenoxy) is 2. The summed E-state index contributed by atoms with van der Waals surface area (Å²) in [4.78, 5) is 26.5. The Labute approximate surface area is 196 Å². The second-order valence-corrected chi connectivity index (χ2v) is 7.82. The highest BCUT2D eigenvalue weighted by molar-refractivity contribution is 6.00. The number of amides is 2. The van der Waals surface area contributed by atoms with E-state index in [0.717, 1.165) is 16.8 Å². The van der Waals surface area contributed by atoms with Crippen LogP contribution in [0, 0.1) is 11.7 Å². The van der Waals surface area contributed by atoms with Gasteiger partial charge in [0.05, 0.1) is 19.2 Å². The standard InChI is InChI=1S/C26H24FN3O4/c1-33-23-12-8-22(9-13-23)30-16-20(14-25(30)31)26(32)29-28-15-18-4-10-24(11-5-18)34-17-19-2-6-21(27)7-3-19/h2-13,15,20H,14,16-17H2,1H3,(H,29,32)/b28-15+/t20-/m1/s1. The van der Waals surface area contributed by atoms with E-state index in [4.69, 9.17) is 9.47 Å². The molecule has 4 rings (SSSR count). The van der Waals surface area contributed by atoms with E-state index in [9.17, 15) is 14.0 Å². The quantitative estimate of drug-likeness (QED) is 0.407. The Hall–Kier alpha value is -4.20. The zero-order valence-electron chi connectivity index (χ0n) is 18.6. The summed E-state index contributed by atoms with van der Waals surface area (Å²) >= 11 is 0. The highest BCUT2D eigenvalue weighted by atomic mass is 19.1. The minimum atomic E-state index is -0.478. The van der Waals surface area contributed by atoms with Crippen molar-refractivity contribution in [2.45, 2.75) is 13.0 Å². The summed E-state index contributed by atoms with van der Waals surface area (Å²) in [5.74, 6) is 0.188. The lowest BCUT2D eigenvalue weighted by Crippen LogP contribution is -2.30. The van der Waals surface area contributed by atoms with Crippen molar-refractivity contribution < 1.29 is 23.5 Å². The molecule has 1 N–H and O–H groups in total. The first-order chi connectivity index (χ1) is 16.5. The monoisotopic (exact) mass is 461 g/mol. The molecule has 7 nitrogen and oxygen atoms in total. The number of carbonyl (C=O) groups is 2. The van der Waals surface area contributed by atoms with Gasteiger partial charge in [0.15, 0.2) is 0 Å². The first-order valence-corrected chi connectivity index (χ1v) is 10.8. The molecule has 0 spiro atoms. The molecular weight excluding hydrogens is 437 g/mol. The molecule has 0 aromatic heterocycles. The van der Waals surface area contributed by atoms with Crippen molar-refractivity contribution in [3.63, 3.8) is 0 Å². The van der Waals surface area contributed by atoms with Gasteiger partial charge in [0.25, 0.3) is 0 Å². The topological polar surface area (TPSA) is 80.2 Å². The van der Waals surface area contributed by atoms with Crippen molar-refractivity contribution in [2.24, 2.45) is 11.0 Å². The van der Waals surface area contributed by atoms with Crippen molar-refractivity contribution in [1.82, 2.24) is 5.43 Å². The van der Waals surface area contributed by atoms with Gasteiger partial charge in [-0.25, -0.2) is 9.82 Å². The highest BCUT2D eigenvalue weighted by Gasteiger charge is 2.35. The van der Waals surface area contributed by atoms with Crippen molar-refractivity contribution in [3.05, 3.63) is 89.7 Å². The average molecular weight is 461 g/mol. The fourth-order valence-corrected chi connectivity index (χ4v) is 3.55. The average Bonchev–Trinajstić information content (AvgIpc) is 3.26. The second kappa shape index (κ2) is 10.6. The molecule has 8 heteroatoms. The van der Waals surface area contributed by atoms with Crippen LogP contribution >= 0.6 is 0 Å². The number of methoxy groups -OCH3 is 1. The third-order valence-corrected chi connectivity index (χ3v) is 5.47. The van der Waals surface area contributed by atoms with Gasteiger partial charge in [0.2, 0.25) is 11.8 Å². The summed E-state index contributed by atoms with van der Waals surface area (Å²) < 4.78 is 23.8. The summed E-state index contributed by atoms with van der Waals surface area (Å²) in [5.41, 5.74) is 4.89. The van der Waals surface area contributed by atoms with Crippen LogP contribution in [0.3, 0.4) is 0 Å². The zero-order chi connectivity index (χ0) is 23.9. The van der Waals surface area contributed by atoms with Crippen LogP contribution in [0.25, 0.3) is 0 Å². The molecule has 1 saturated heterocycles. The Kier molecular flexibility index (Phi) is 7.17. The Bertz CT molecular complexity index is 1160. The molecule has 1 aliphatic heterocycles. The first-order valence-electron chi connectivity index (χ1n) is 10.8. The van der Waals surface area contributed by atoms with Crippen molar-refractivity contribution in [1.29, 1.82) is 0 Å². The van der Waals surface area contributed by atoms with E-state index in [2.05, 4.69) is 10.5 Å². The molecule has 0 saturated carbocycles. The molecule has 1 fully saturated rings. The van der Waals surface area contributed by atoms with Gasteiger partial charge >= 0.3 is 0 Å². The summed E-state index contributed by atoms with van der Waals surface area (Å²) in [7, 11) is 1.58. The van der Waals surface area contributed by atoms with Gasteiger partial charge < -0.3 is 14.4 Å². The molecule has 1 atom stereocenters. The number of anilines is 1. The minimum absolute atomic E-state index is 0.106. The molecule has 34 heavy (non-hydrogen) atoms.